The van der Waals surface area contributed by atoms with Crippen LogP contribution in [-0.2, 0) is 23.4 Å². The van der Waals surface area contributed by atoms with Crippen LogP contribution in [0.2, 0.25) is 0 Å². The quantitative estimate of drug-likeness (QED) is 0.172. The van der Waals surface area contributed by atoms with Crippen molar-refractivity contribution in [1.82, 2.24) is 0 Å². The molecule has 244 valence electrons. The summed E-state index contributed by atoms with van der Waals surface area (Å²) in [5.74, 6) is -2.40. The van der Waals surface area contributed by atoms with Crippen molar-refractivity contribution in [2.45, 2.75) is 45.5 Å². The molecule has 0 fully saturated rings. The van der Waals surface area contributed by atoms with E-state index >= 15 is 0 Å². The maximum atomic E-state index is 13.2. The van der Waals surface area contributed by atoms with Gasteiger partial charge >= 0.3 is 12.1 Å². The highest BCUT2D eigenvalue weighted by atomic mass is 19.4. The van der Waals surface area contributed by atoms with Gasteiger partial charge in [0.05, 0.1) is 17.9 Å². The molecule has 4 aromatic carbocycles. The van der Waals surface area contributed by atoms with Crippen molar-refractivity contribution in [3.63, 3.8) is 0 Å². The van der Waals surface area contributed by atoms with E-state index in [0.717, 1.165) is 22.3 Å². The molecular weight excluding hydrogens is 613 g/mol. The zero-order valence-corrected chi connectivity index (χ0v) is 25.8. The lowest BCUT2D eigenvalue weighted by Crippen LogP contribution is -2.21. The van der Waals surface area contributed by atoms with Crippen LogP contribution in [0, 0.1) is 0 Å². The molecule has 0 radical (unpaired) electrons. The van der Waals surface area contributed by atoms with Gasteiger partial charge in [-0.15, -0.1) is 0 Å². The van der Waals surface area contributed by atoms with Crippen LogP contribution >= 0.6 is 0 Å². The first kappa shape index (κ1) is 34.2. The number of nitrogens with zero attached hydrogens (tertiary/aromatic N) is 1. The van der Waals surface area contributed by atoms with Gasteiger partial charge in [-0.05, 0) is 58.5 Å². The van der Waals surface area contributed by atoms with Crippen molar-refractivity contribution in [2.75, 3.05) is 10.6 Å². The van der Waals surface area contributed by atoms with E-state index in [4.69, 9.17) is 20.4 Å². The summed E-state index contributed by atoms with van der Waals surface area (Å²) in [5, 5.41) is 13.0. The molecule has 0 saturated heterocycles. The monoisotopic (exact) mass is 646 g/mol. The minimum atomic E-state index is -5.08. The maximum absolute atomic E-state index is 13.2. The highest BCUT2D eigenvalue weighted by Crippen LogP contribution is 2.30. The summed E-state index contributed by atoms with van der Waals surface area (Å²) in [7, 11) is 0. The van der Waals surface area contributed by atoms with Gasteiger partial charge in [0.1, 0.15) is 18.2 Å². The van der Waals surface area contributed by atoms with Crippen molar-refractivity contribution in [2.24, 2.45) is 10.7 Å². The van der Waals surface area contributed by atoms with Gasteiger partial charge < -0.3 is 26.2 Å². The fourth-order valence-electron chi connectivity index (χ4n) is 4.43. The lowest BCUT2D eigenvalue weighted by molar-refractivity contribution is -0.192. The molecule has 0 aromatic heterocycles. The molecule has 0 saturated carbocycles. The van der Waals surface area contributed by atoms with Crippen LogP contribution in [0.3, 0.4) is 0 Å². The fraction of sp³-hybridized carbons (Fsp3) is 0.200. The Morgan fingerprint density at radius 3 is 2.04 bits per heavy atom. The molecule has 0 aliphatic carbocycles. The van der Waals surface area contributed by atoms with Gasteiger partial charge in [0.2, 0.25) is 0 Å². The number of amidine groups is 1. The second-order valence-corrected chi connectivity index (χ2v) is 11.6. The average Bonchev–Trinajstić information content (AvgIpc) is 3.40. The predicted molar refractivity (Wildman–Crippen MR) is 173 cm³/mol. The Labute approximate surface area is 269 Å². The molecule has 5 rings (SSSR count). The summed E-state index contributed by atoms with van der Waals surface area (Å²) in [6.07, 6.45) is -5.08. The van der Waals surface area contributed by atoms with Crippen LogP contribution in [0.25, 0.3) is 0 Å². The van der Waals surface area contributed by atoms with Gasteiger partial charge in [-0.3, -0.25) is 14.6 Å². The number of hydrogen-bond acceptors (Lipinski definition) is 6. The van der Waals surface area contributed by atoms with Crippen molar-refractivity contribution in [1.29, 1.82) is 0 Å². The number of fused-ring (bicyclic) bond motifs is 1. The maximum Gasteiger partial charge on any atom is 0.490 e. The van der Waals surface area contributed by atoms with Crippen molar-refractivity contribution in [3.05, 3.63) is 124 Å². The van der Waals surface area contributed by atoms with Crippen LogP contribution < -0.4 is 21.1 Å². The SMILES string of the molecule is CC(C)(C)c1ccc(C(=O)Nc2cc(OCc3ccccc3)ccc2NC(=O)c2ccc3c(c2)C(N)=NC3)cc1.O=C(O)C(F)(F)F. The first-order chi connectivity index (χ1) is 22.1. The molecule has 1 aliphatic heterocycles. The van der Waals surface area contributed by atoms with Gasteiger partial charge in [0.15, 0.2) is 0 Å². The van der Waals surface area contributed by atoms with Crippen molar-refractivity contribution < 1.29 is 37.4 Å². The Balaban J connectivity index is 0.000000644. The summed E-state index contributed by atoms with van der Waals surface area (Å²) >= 11 is 0. The van der Waals surface area contributed by atoms with Crippen molar-refractivity contribution >= 4 is 35.0 Å². The lowest BCUT2D eigenvalue weighted by atomic mass is 9.87. The Morgan fingerprint density at radius 1 is 0.830 bits per heavy atom. The number of aliphatic carboxylic acids is 1. The van der Waals surface area contributed by atoms with Crippen LogP contribution in [0.15, 0.2) is 96.0 Å². The average molecular weight is 647 g/mol. The molecule has 5 N–H and O–H groups in total. The second-order valence-electron chi connectivity index (χ2n) is 11.6. The molecular formula is C35H33F3N4O5. The normalized spacial score (nSPS) is 12.2. The van der Waals surface area contributed by atoms with Crippen LogP contribution in [-0.4, -0.2) is 34.9 Å². The highest BCUT2D eigenvalue weighted by molar-refractivity contribution is 6.11. The molecule has 0 spiro atoms. The highest BCUT2D eigenvalue weighted by Gasteiger charge is 2.38. The third-order valence-electron chi connectivity index (χ3n) is 7.06. The van der Waals surface area contributed by atoms with Gasteiger partial charge in [0, 0.05) is 22.8 Å². The van der Waals surface area contributed by atoms with E-state index in [1.54, 1.807) is 42.5 Å². The third kappa shape index (κ3) is 9.19. The van der Waals surface area contributed by atoms with E-state index in [2.05, 4.69) is 36.4 Å². The number of halogens is 3. The molecule has 0 bridgehead atoms. The summed E-state index contributed by atoms with van der Waals surface area (Å²) in [6, 6.07) is 27.9. The smallest absolute Gasteiger partial charge is 0.489 e. The fourth-order valence-corrected chi connectivity index (χ4v) is 4.43. The van der Waals surface area contributed by atoms with E-state index in [1.807, 2.05) is 48.5 Å². The molecule has 4 aromatic rings. The third-order valence-corrected chi connectivity index (χ3v) is 7.06. The number of alkyl halides is 3. The second kappa shape index (κ2) is 14.2. The number of rotatable bonds is 7. The lowest BCUT2D eigenvalue weighted by Gasteiger charge is -2.19. The number of benzene rings is 4. The van der Waals surface area contributed by atoms with Gasteiger partial charge in [-0.2, -0.15) is 13.2 Å². The number of aliphatic imine (C=N–C) groups is 1. The number of nitrogens with two attached hydrogens (primary N) is 1. The molecule has 9 nitrogen and oxygen atoms in total. The van der Waals surface area contributed by atoms with E-state index in [1.165, 1.54) is 0 Å². The largest absolute Gasteiger partial charge is 0.490 e. The van der Waals surface area contributed by atoms with E-state index in [0.29, 0.717) is 47.2 Å². The number of carbonyl (C=O) groups excluding carboxylic acids is 2. The zero-order valence-electron chi connectivity index (χ0n) is 25.8. The number of anilines is 2. The molecule has 12 heteroatoms. The summed E-state index contributed by atoms with van der Waals surface area (Å²) in [6.45, 7) is 7.26. The summed E-state index contributed by atoms with van der Waals surface area (Å²) in [5.41, 5.74) is 11.7. The number of nitrogens with one attached hydrogen (secondary N) is 2. The molecule has 1 heterocycles. The topological polar surface area (TPSA) is 143 Å². The first-order valence-electron chi connectivity index (χ1n) is 14.4. The van der Waals surface area contributed by atoms with Gasteiger partial charge in [0.25, 0.3) is 11.8 Å². The Kier molecular flexibility index (Phi) is 10.3. The van der Waals surface area contributed by atoms with Crippen LogP contribution in [0.1, 0.15) is 63.7 Å². The number of carbonyl (C=O) groups is 3. The zero-order chi connectivity index (χ0) is 34.4. The Hall–Kier alpha value is -5.65. The molecule has 2 amide bonds. The molecule has 0 atom stereocenters. The Bertz CT molecular complexity index is 1800. The summed E-state index contributed by atoms with van der Waals surface area (Å²) in [4.78, 5) is 39.6. The molecule has 1 aliphatic rings. The minimum absolute atomic E-state index is 0.0229. The first-order valence-corrected chi connectivity index (χ1v) is 14.4. The van der Waals surface area contributed by atoms with E-state index in [-0.39, 0.29) is 17.2 Å². The number of hydrogen-bond donors (Lipinski definition) is 4. The van der Waals surface area contributed by atoms with Gasteiger partial charge in [-0.1, -0.05) is 69.3 Å². The predicted octanol–water partition coefficient (Wildman–Crippen LogP) is 6.92. The van der Waals surface area contributed by atoms with E-state index < -0.39 is 12.1 Å². The van der Waals surface area contributed by atoms with Gasteiger partial charge in [-0.25, -0.2) is 4.79 Å². The minimum Gasteiger partial charge on any atom is -0.489 e. The summed E-state index contributed by atoms with van der Waals surface area (Å²) < 4.78 is 37.7. The molecule has 47 heavy (non-hydrogen) atoms. The van der Waals surface area contributed by atoms with Crippen LogP contribution in [0.5, 0.6) is 5.75 Å². The number of amides is 2. The van der Waals surface area contributed by atoms with Crippen molar-refractivity contribution in [3.8, 4) is 5.75 Å². The standard InChI is InChI=1S/C33H32N4O3.C2HF3O2/c1-33(2,3)25-13-11-22(12-14-25)31(38)37-29-18-26(40-20-21-7-5-4-6-8-21)15-16-28(29)36-32(39)23-9-10-24-19-35-30(34)27(24)17-23;3-2(4,5)1(6)7/h4-18H,19-20H2,1-3H3,(H2,34,35)(H,36,39)(H,37,38);(H,6,7). The Morgan fingerprint density at radius 2 is 1.43 bits per heavy atom. The number of ether oxygens (including phenoxy) is 1. The van der Waals surface area contributed by atoms with Crippen LogP contribution in [0.4, 0.5) is 24.5 Å². The molecule has 0 unspecified atom stereocenters. The number of carboxylic acids is 1. The number of carboxylic acid groups (broad SMARTS) is 1. The van der Waals surface area contributed by atoms with E-state index in [9.17, 15) is 22.8 Å².